The van der Waals surface area contributed by atoms with Gasteiger partial charge in [0, 0.05) is 56.8 Å². The van der Waals surface area contributed by atoms with E-state index in [0.717, 1.165) is 22.6 Å². The molecule has 1 aliphatic heterocycles. The average molecular weight is 447 g/mol. The number of benzene rings is 2. The average Bonchev–Trinajstić information content (AvgIpc) is 3.19. The van der Waals surface area contributed by atoms with Crippen molar-refractivity contribution in [1.82, 2.24) is 9.55 Å². The summed E-state index contributed by atoms with van der Waals surface area (Å²) in [5.74, 6) is 1.12. The van der Waals surface area contributed by atoms with E-state index in [2.05, 4.69) is 4.98 Å². The van der Waals surface area contributed by atoms with Crippen molar-refractivity contribution in [2.45, 2.75) is 38.9 Å². The van der Waals surface area contributed by atoms with Crippen LogP contribution >= 0.6 is 12.4 Å². The molecule has 1 aliphatic rings. The molecule has 0 atom stereocenters. The molecule has 0 spiro atoms. The lowest BCUT2D eigenvalue weighted by molar-refractivity contribution is -0.113. The molecule has 5 nitrogen and oxygen atoms in total. The largest absolute Gasteiger partial charge is 0.489 e. The van der Waals surface area contributed by atoms with E-state index in [9.17, 15) is 4.39 Å². The first-order valence-electron chi connectivity index (χ1n) is 10.3. The molecule has 0 radical (unpaired) electrons. The van der Waals surface area contributed by atoms with E-state index in [-0.39, 0.29) is 18.2 Å². The summed E-state index contributed by atoms with van der Waals surface area (Å²) in [5, 5.41) is 0. The van der Waals surface area contributed by atoms with Gasteiger partial charge < -0.3 is 18.8 Å². The van der Waals surface area contributed by atoms with Crippen LogP contribution in [0.1, 0.15) is 36.7 Å². The number of ether oxygens (including phenoxy) is 3. The third kappa shape index (κ3) is 5.26. The van der Waals surface area contributed by atoms with Crippen LogP contribution in [0.4, 0.5) is 4.39 Å². The molecule has 0 unspecified atom stereocenters. The third-order valence-electron chi connectivity index (χ3n) is 5.56. The lowest BCUT2D eigenvalue weighted by Gasteiger charge is -2.37. The Kier molecular flexibility index (Phi) is 7.70. The van der Waals surface area contributed by atoms with Gasteiger partial charge in [0.1, 0.15) is 24.0 Å². The summed E-state index contributed by atoms with van der Waals surface area (Å²) in [5.41, 5.74) is 2.35. The molecule has 4 rings (SSSR count). The van der Waals surface area contributed by atoms with Crippen molar-refractivity contribution >= 4 is 12.4 Å². The van der Waals surface area contributed by atoms with E-state index >= 15 is 0 Å². The molecule has 31 heavy (non-hydrogen) atoms. The van der Waals surface area contributed by atoms with Crippen molar-refractivity contribution in [3.05, 3.63) is 77.6 Å². The maximum Gasteiger partial charge on any atom is 0.127 e. The van der Waals surface area contributed by atoms with E-state index in [1.54, 1.807) is 12.3 Å². The van der Waals surface area contributed by atoms with Crippen molar-refractivity contribution in [2.75, 3.05) is 19.8 Å². The minimum Gasteiger partial charge on any atom is -0.489 e. The summed E-state index contributed by atoms with van der Waals surface area (Å²) in [6.07, 6.45) is 5.12. The Morgan fingerprint density at radius 2 is 1.87 bits per heavy atom. The summed E-state index contributed by atoms with van der Waals surface area (Å²) in [6, 6.07) is 12.9. The molecular weight excluding hydrogens is 419 g/mol. The van der Waals surface area contributed by atoms with Crippen molar-refractivity contribution < 1.29 is 18.6 Å². The van der Waals surface area contributed by atoms with Gasteiger partial charge in [-0.3, -0.25) is 0 Å². The maximum atomic E-state index is 14.4. The number of aromatic nitrogens is 2. The fourth-order valence-corrected chi connectivity index (χ4v) is 3.97. The van der Waals surface area contributed by atoms with Crippen LogP contribution in [0.2, 0.25) is 0 Å². The fourth-order valence-electron chi connectivity index (χ4n) is 3.97. The molecule has 0 aliphatic carbocycles. The standard InChI is InChI=1S/C24H27FN2O3.ClH/c1-3-30-24(8-12-28-13-9-24)20-14-21(25)16-23(15-20)29-17-19-4-6-22(7-5-19)27-11-10-26-18(27)2;/h4-7,10-11,14-16H,3,8-9,12-13,17H2,1-2H3;1H. The molecule has 2 heterocycles. The topological polar surface area (TPSA) is 45.5 Å². The van der Waals surface area contributed by atoms with Crippen molar-refractivity contribution in [3.63, 3.8) is 0 Å². The van der Waals surface area contributed by atoms with Crippen LogP contribution < -0.4 is 4.74 Å². The molecule has 0 saturated carbocycles. The predicted molar refractivity (Wildman–Crippen MR) is 120 cm³/mol. The number of nitrogens with zero attached hydrogens (tertiary/aromatic N) is 2. The van der Waals surface area contributed by atoms with E-state index in [1.165, 1.54) is 6.07 Å². The molecule has 0 N–H and O–H groups in total. The highest BCUT2D eigenvalue weighted by atomic mass is 35.5. The number of imidazole rings is 1. The molecule has 166 valence electrons. The van der Waals surface area contributed by atoms with Gasteiger partial charge >= 0.3 is 0 Å². The van der Waals surface area contributed by atoms with Gasteiger partial charge in [-0.1, -0.05) is 12.1 Å². The number of hydrogen-bond donors (Lipinski definition) is 0. The number of halogens is 2. The Bertz CT molecular complexity index is 979. The van der Waals surface area contributed by atoms with Gasteiger partial charge in [0.05, 0.1) is 5.60 Å². The van der Waals surface area contributed by atoms with Crippen LogP contribution in [0.25, 0.3) is 5.69 Å². The fraction of sp³-hybridized carbons (Fsp3) is 0.375. The molecule has 7 heteroatoms. The zero-order chi connectivity index (χ0) is 21.0. The second kappa shape index (κ2) is 10.3. The van der Waals surface area contributed by atoms with E-state index < -0.39 is 5.60 Å². The van der Waals surface area contributed by atoms with Crippen LogP contribution in [0.5, 0.6) is 5.75 Å². The summed E-state index contributed by atoms with van der Waals surface area (Å²) in [4.78, 5) is 4.25. The molecule has 1 aromatic heterocycles. The van der Waals surface area contributed by atoms with Gasteiger partial charge in [-0.2, -0.15) is 0 Å². The Morgan fingerprint density at radius 1 is 1.13 bits per heavy atom. The van der Waals surface area contributed by atoms with E-state index in [1.807, 2.05) is 54.9 Å². The van der Waals surface area contributed by atoms with Crippen LogP contribution in [0, 0.1) is 12.7 Å². The van der Waals surface area contributed by atoms with Gasteiger partial charge in [-0.15, -0.1) is 12.4 Å². The monoisotopic (exact) mass is 446 g/mol. The number of hydrogen-bond acceptors (Lipinski definition) is 4. The third-order valence-corrected chi connectivity index (χ3v) is 5.56. The normalized spacial score (nSPS) is 15.3. The molecule has 0 bridgehead atoms. The lowest BCUT2D eigenvalue weighted by Crippen LogP contribution is -2.36. The maximum absolute atomic E-state index is 14.4. The highest BCUT2D eigenvalue weighted by molar-refractivity contribution is 5.85. The Morgan fingerprint density at radius 3 is 2.52 bits per heavy atom. The van der Waals surface area contributed by atoms with Gasteiger partial charge in [-0.05, 0) is 49.2 Å². The Balaban J connectivity index is 0.00000272. The molecule has 0 amide bonds. The predicted octanol–water partition coefficient (Wildman–Crippen LogP) is 5.36. The first-order valence-corrected chi connectivity index (χ1v) is 10.3. The zero-order valence-electron chi connectivity index (χ0n) is 17.8. The SMILES string of the molecule is CCOC1(c2cc(F)cc(OCc3ccc(-n4ccnc4C)cc3)c2)CCOCC1.Cl. The summed E-state index contributed by atoms with van der Waals surface area (Å²) < 4.78 is 33.9. The Labute approximate surface area is 188 Å². The number of aryl methyl sites for hydroxylation is 1. The highest BCUT2D eigenvalue weighted by Crippen LogP contribution is 2.38. The van der Waals surface area contributed by atoms with Gasteiger partial charge in [0.15, 0.2) is 0 Å². The van der Waals surface area contributed by atoms with Crippen LogP contribution in [-0.2, 0) is 21.7 Å². The van der Waals surface area contributed by atoms with Crippen LogP contribution in [-0.4, -0.2) is 29.4 Å². The second-order valence-electron chi connectivity index (χ2n) is 7.51. The second-order valence-corrected chi connectivity index (χ2v) is 7.51. The molecule has 1 fully saturated rings. The Hall–Kier alpha value is -2.41. The molecule has 1 saturated heterocycles. The van der Waals surface area contributed by atoms with E-state index in [4.69, 9.17) is 14.2 Å². The minimum absolute atomic E-state index is 0. The van der Waals surface area contributed by atoms with Crippen LogP contribution in [0.3, 0.4) is 0 Å². The number of rotatable bonds is 7. The van der Waals surface area contributed by atoms with E-state index in [0.29, 0.717) is 45.0 Å². The highest BCUT2D eigenvalue weighted by Gasteiger charge is 2.36. The molecule has 3 aromatic rings. The zero-order valence-corrected chi connectivity index (χ0v) is 18.7. The van der Waals surface area contributed by atoms with Gasteiger partial charge in [0.2, 0.25) is 0 Å². The summed E-state index contributed by atoms with van der Waals surface area (Å²) >= 11 is 0. The molecule has 2 aromatic carbocycles. The summed E-state index contributed by atoms with van der Waals surface area (Å²) in [6.45, 7) is 6.06. The summed E-state index contributed by atoms with van der Waals surface area (Å²) in [7, 11) is 0. The quantitative estimate of drug-likeness (QED) is 0.490. The minimum atomic E-state index is -0.516. The molecular formula is C24H28ClFN2O3. The van der Waals surface area contributed by atoms with Gasteiger partial charge in [0.25, 0.3) is 0 Å². The first kappa shape index (κ1) is 23.3. The van der Waals surface area contributed by atoms with Crippen molar-refractivity contribution in [2.24, 2.45) is 0 Å². The lowest BCUT2D eigenvalue weighted by atomic mass is 9.86. The van der Waals surface area contributed by atoms with Crippen LogP contribution in [0.15, 0.2) is 54.9 Å². The first-order chi connectivity index (χ1) is 14.6. The van der Waals surface area contributed by atoms with Crippen molar-refractivity contribution in [1.29, 1.82) is 0 Å². The smallest absolute Gasteiger partial charge is 0.127 e. The van der Waals surface area contributed by atoms with Crippen molar-refractivity contribution in [3.8, 4) is 11.4 Å². The van der Waals surface area contributed by atoms with Gasteiger partial charge in [-0.25, -0.2) is 9.37 Å².